The molecular formula is C20H22F2N5O2P. The minimum Gasteiger partial charge on any atom is -0.370 e. The Bertz CT molecular complexity index is 1000. The van der Waals surface area contributed by atoms with Crippen LogP contribution >= 0.6 is 9.24 Å². The smallest absolute Gasteiger partial charge is 0.263 e. The van der Waals surface area contributed by atoms with E-state index in [0.717, 1.165) is 0 Å². The molecule has 1 aromatic heterocycles. The van der Waals surface area contributed by atoms with E-state index in [2.05, 4.69) is 16.4 Å². The monoisotopic (exact) mass is 433 g/mol. The zero-order valence-corrected chi connectivity index (χ0v) is 17.3. The molecule has 1 aliphatic rings. The molecule has 3 rings (SSSR count). The Morgan fingerprint density at radius 3 is 2.77 bits per heavy atom. The predicted octanol–water partition coefficient (Wildman–Crippen LogP) is 2.15. The van der Waals surface area contributed by atoms with E-state index in [-0.39, 0.29) is 25.8 Å². The first-order valence-corrected chi connectivity index (χ1v) is 10.0. The Balaban J connectivity index is 1.90. The van der Waals surface area contributed by atoms with Crippen LogP contribution in [0.15, 0.2) is 30.5 Å². The van der Waals surface area contributed by atoms with Crippen molar-refractivity contribution in [2.75, 3.05) is 18.0 Å². The predicted molar refractivity (Wildman–Crippen MR) is 112 cm³/mol. The molecular weight excluding hydrogens is 411 g/mol. The Morgan fingerprint density at radius 1 is 1.33 bits per heavy atom. The van der Waals surface area contributed by atoms with E-state index < -0.39 is 29.4 Å². The zero-order chi connectivity index (χ0) is 21.9. The summed E-state index contributed by atoms with van der Waals surface area (Å²) in [6.07, 6.45) is 1.49. The van der Waals surface area contributed by atoms with Gasteiger partial charge in [0.2, 0.25) is 11.8 Å². The Morgan fingerprint density at radius 2 is 2.10 bits per heavy atom. The summed E-state index contributed by atoms with van der Waals surface area (Å²) in [6, 6.07) is 8.42. The van der Waals surface area contributed by atoms with Gasteiger partial charge in [0.05, 0.1) is 11.1 Å². The summed E-state index contributed by atoms with van der Waals surface area (Å²) in [5.74, 6) is -2.01. The van der Waals surface area contributed by atoms with Crippen molar-refractivity contribution in [3.05, 3.63) is 36.0 Å². The fraction of sp³-hybridized carbons (Fsp3) is 0.400. The van der Waals surface area contributed by atoms with Gasteiger partial charge in [0, 0.05) is 55.2 Å². The van der Waals surface area contributed by atoms with Crippen molar-refractivity contribution in [2.45, 2.75) is 31.0 Å². The van der Waals surface area contributed by atoms with Gasteiger partial charge in [0.15, 0.2) is 0 Å². The molecule has 1 fully saturated rings. The maximum atomic E-state index is 14.2. The van der Waals surface area contributed by atoms with Gasteiger partial charge in [-0.15, -0.1) is 0 Å². The largest absolute Gasteiger partial charge is 0.370 e. The van der Waals surface area contributed by atoms with E-state index >= 15 is 0 Å². The number of alkyl halides is 2. The molecule has 3 N–H and O–H groups in total. The van der Waals surface area contributed by atoms with Crippen molar-refractivity contribution in [1.82, 2.24) is 10.3 Å². The fourth-order valence-corrected chi connectivity index (χ4v) is 3.98. The average Bonchev–Trinajstić information content (AvgIpc) is 2.70. The van der Waals surface area contributed by atoms with Crippen LogP contribution in [0.1, 0.15) is 24.8 Å². The first-order chi connectivity index (χ1) is 14.2. The molecule has 1 saturated heterocycles. The summed E-state index contributed by atoms with van der Waals surface area (Å²) >= 11 is 0. The lowest BCUT2D eigenvalue weighted by Crippen LogP contribution is -2.53. The minimum atomic E-state index is -3.02. The summed E-state index contributed by atoms with van der Waals surface area (Å²) in [6.45, 7) is 0.398. The van der Waals surface area contributed by atoms with Crippen molar-refractivity contribution < 1.29 is 18.4 Å². The summed E-state index contributed by atoms with van der Waals surface area (Å²) in [4.78, 5) is 29.1. The van der Waals surface area contributed by atoms with Crippen LogP contribution in [-0.4, -0.2) is 41.6 Å². The van der Waals surface area contributed by atoms with Gasteiger partial charge in [-0.3, -0.25) is 14.6 Å². The number of carbonyl (C=O) groups is 2. The maximum Gasteiger partial charge on any atom is 0.263 e. The molecule has 1 aliphatic heterocycles. The number of amides is 2. The summed E-state index contributed by atoms with van der Waals surface area (Å²) in [7, 11) is 1.59. The molecule has 0 radical (unpaired) electrons. The fourth-order valence-electron chi connectivity index (χ4n) is 3.74. The van der Waals surface area contributed by atoms with Crippen molar-refractivity contribution >= 4 is 37.6 Å². The molecule has 0 bridgehead atoms. The highest BCUT2D eigenvalue weighted by molar-refractivity contribution is 7.18. The van der Waals surface area contributed by atoms with Crippen LogP contribution < -0.4 is 16.0 Å². The summed E-state index contributed by atoms with van der Waals surface area (Å²) < 4.78 is 28.4. The molecule has 2 amide bonds. The van der Waals surface area contributed by atoms with Crippen LogP contribution in [0.5, 0.6) is 0 Å². The number of nitrogens with zero attached hydrogens (tertiary/aromatic N) is 3. The van der Waals surface area contributed by atoms with Crippen LogP contribution in [0.3, 0.4) is 0 Å². The number of nitriles is 1. The van der Waals surface area contributed by atoms with Crippen molar-refractivity contribution in [2.24, 2.45) is 11.7 Å². The molecule has 0 spiro atoms. The van der Waals surface area contributed by atoms with Gasteiger partial charge in [0.25, 0.3) is 5.66 Å². The van der Waals surface area contributed by atoms with E-state index in [9.17, 15) is 23.6 Å². The number of pyridine rings is 1. The topological polar surface area (TPSA) is 112 Å². The molecule has 7 nitrogen and oxygen atoms in total. The molecule has 0 aliphatic carbocycles. The lowest BCUT2D eigenvalue weighted by molar-refractivity contribution is -0.125. The van der Waals surface area contributed by atoms with E-state index in [1.807, 2.05) is 0 Å². The minimum absolute atomic E-state index is 0.0834. The van der Waals surface area contributed by atoms with E-state index in [1.54, 1.807) is 44.6 Å². The van der Waals surface area contributed by atoms with Gasteiger partial charge in [0.1, 0.15) is 6.07 Å². The van der Waals surface area contributed by atoms with Gasteiger partial charge >= 0.3 is 0 Å². The molecule has 3 unspecified atom stereocenters. The van der Waals surface area contributed by atoms with Crippen LogP contribution in [0.4, 0.5) is 14.5 Å². The van der Waals surface area contributed by atoms with Gasteiger partial charge in [-0.2, -0.15) is 5.26 Å². The SMILES string of the molecule is N#Cc1ccc(N2CC(NC(=O)CCC(N)=O)CC(C(F)(F)P)C2)c2cccnc12. The first kappa shape index (κ1) is 21.8. The third kappa shape index (κ3) is 5.00. The second kappa shape index (κ2) is 8.88. The Hall–Kier alpha value is -2.85. The third-order valence-electron chi connectivity index (χ3n) is 5.17. The average molecular weight is 433 g/mol. The van der Waals surface area contributed by atoms with Crippen molar-refractivity contribution in [3.8, 4) is 6.07 Å². The highest BCUT2D eigenvalue weighted by Crippen LogP contribution is 2.39. The van der Waals surface area contributed by atoms with E-state index in [4.69, 9.17) is 5.73 Å². The van der Waals surface area contributed by atoms with Crippen LogP contribution in [0, 0.1) is 17.2 Å². The molecule has 0 saturated carbocycles. The summed E-state index contributed by atoms with van der Waals surface area (Å²) in [5.41, 5.74) is 3.62. The number of aromatic nitrogens is 1. The van der Waals surface area contributed by atoms with E-state index in [1.165, 1.54) is 0 Å². The second-order valence-corrected chi connectivity index (χ2v) is 8.16. The van der Waals surface area contributed by atoms with Gasteiger partial charge in [-0.25, -0.2) is 8.78 Å². The number of nitrogens with one attached hydrogen (secondary N) is 1. The van der Waals surface area contributed by atoms with Crippen molar-refractivity contribution in [3.63, 3.8) is 0 Å². The molecule has 30 heavy (non-hydrogen) atoms. The quantitative estimate of drug-likeness (QED) is 0.678. The lowest BCUT2D eigenvalue weighted by Gasteiger charge is -2.41. The molecule has 1 aromatic carbocycles. The van der Waals surface area contributed by atoms with Gasteiger partial charge in [-0.1, -0.05) is 9.24 Å². The Kier molecular flexibility index (Phi) is 6.47. The number of halogens is 2. The molecule has 3 atom stereocenters. The maximum absolute atomic E-state index is 14.2. The number of carbonyl (C=O) groups excluding carboxylic acids is 2. The first-order valence-electron chi connectivity index (χ1n) is 9.46. The number of hydrogen-bond acceptors (Lipinski definition) is 5. The van der Waals surface area contributed by atoms with Crippen LogP contribution in [0.2, 0.25) is 0 Å². The lowest BCUT2D eigenvalue weighted by atomic mass is 9.92. The highest BCUT2D eigenvalue weighted by atomic mass is 31.0. The number of benzene rings is 1. The van der Waals surface area contributed by atoms with Crippen molar-refractivity contribution in [1.29, 1.82) is 5.26 Å². The van der Waals surface area contributed by atoms with Crippen LogP contribution in [0.25, 0.3) is 10.9 Å². The summed E-state index contributed by atoms with van der Waals surface area (Å²) in [5, 5.41) is 12.8. The molecule has 158 valence electrons. The number of hydrogen-bond donors (Lipinski definition) is 2. The highest BCUT2D eigenvalue weighted by Gasteiger charge is 2.41. The standard InChI is InChI=1S/C20H22F2N5O2P/c21-20(22,30)13-8-14(26-18(29)6-5-17(24)28)11-27(10-13)16-4-3-12(9-23)19-15(16)2-1-7-25-19/h1-4,7,13-14H,5-6,8,10-11,30H2,(H2,24,28)(H,26,29). The number of primary amides is 1. The Labute approximate surface area is 174 Å². The molecule has 2 aromatic rings. The van der Waals surface area contributed by atoms with Gasteiger partial charge < -0.3 is 16.0 Å². The zero-order valence-electron chi connectivity index (χ0n) is 16.1. The number of piperidine rings is 1. The number of nitrogens with two attached hydrogens (primary N) is 1. The van der Waals surface area contributed by atoms with Gasteiger partial charge in [-0.05, 0) is 30.7 Å². The third-order valence-corrected chi connectivity index (χ3v) is 5.64. The molecule has 10 heteroatoms. The number of anilines is 1. The number of rotatable bonds is 6. The molecule has 2 heterocycles. The normalized spacial score (nSPS) is 19.3. The van der Waals surface area contributed by atoms with E-state index in [0.29, 0.717) is 28.7 Å². The van der Waals surface area contributed by atoms with Crippen LogP contribution in [-0.2, 0) is 9.59 Å². The second-order valence-electron chi connectivity index (χ2n) is 7.39. The number of fused-ring (bicyclic) bond motifs is 1.